The third-order valence-corrected chi connectivity index (χ3v) is 6.83. The molecule has 0 radical (unpaired) electrons. The number of rotatable bonds is 9. The number of carbonyl (C=O) groups is 1. The Labute approximate surface area is 193 Å². The van der Waals surface area contributed by atoms with E-state index < -0.39 is 15.9 Å². The Balaban J connectivity index is 1.71. The fraction of sp³-hybridized carbons (Fsp3) is 0.208. The standard InChI is InChI=1S/C24H25ClN2O4S/c1-18-7-13-22(14-8-18)32(29,30)27(21-11-9-20(25)10-12-21)17-24(28)26-15-16-31-23-6-4-3-5-19(23)2/h3-14H,15-17H2,1-2H3,(H,26,28). The highest BCUT2D eigenvalue weighted by Gasteiger charge is 2.27. The van der Waals surface area contributed by atoms with Gasteiger partial charge in [-0.05, 0) is 61.9 Å². The molecule has 32 heavy (non-hydrogen) atoms. The van der Waals surface area contributed by atoms with Crippen molar-refractivity contribution in [2.24, 2.45) is 0 Å². The van der Waals surface area contributed by atoms with Crippen LogP contribution >= 0.6 is 11.6 Å². The average molecular weight is 473 g/mol. The smallest absolute Gasteiger partial charge is 0.264 e. The highest BCUT2D eigenvalue weighted by molar-refractivity contribution is 7.92. The number of halogens is 1. The monoisotopic (exact) mass is 472 g/mol. The van der Waals surface area contributed by atoms with Gasteiger partial charge in [0, 0.05) is 5.02 Å². The lowest BCUT2D eigenvalue weighted by Crippen LogP contribution is -2.41. The second kappa shape index (κ2) is 10.5. The van der Waals surface area contributed by atoms with Crippen LogP contribution in [0.25, 0.3) is 0 Å². The summed E-state index contributed by atoms with van der Waals surface area (Å²) in [5.41, 5.74) is 2.28. The Bertz CT molecular complexity index is 1160. The molecule has 0 saturated carbocycles. The van der Waals surface area contributed by atoms with Crippen molar-refractivity contribution < 1.29 is 17.9 Å². The van der Waals surface area contributed by atoms with E-state index in [-0.39, 0.29) is 24.6 Å². The molecule has 0 spiro atoms. The fourth-order valence-electron chi connectivity index (χ4n) is 3.02. The van der Waals surface area contributed by atoms with E-state index in [0.29, 0.717) is 10.7 Å². The highest BCUT2D eigenvalue weighted by atomic mass is 35.5. The molecule has 3 rings (SSSR count). The van der Waals surface area contributed by atoms with Gasteiger partial charge in [-0.25, -0.2) is 8.42 Å². The molecular formula is C24H25ClN2O4S. The van der Waals surface area contributed by atoms with Crippen molar-refractivity contribution >= 4 is 33.2 Å². The van der Waals surface area contributed by atoms with Crippen molar-refractivity contribution in [2.45, 2.75) is 18.7 Å². The third kappa shape index (κ3) is 6.02. The van der Waals surface area contributed by atoms with E-state index in [2.05, 4.69) is 5.32 Å². The van der Waals surface area contributed by atoms with E-state index in [1.165, 1.54) is 12.1 Å². The van der Waals surface area contributed by atoms with Crippen LogP contribution in [0.15, 0.2) is 77.7 Å². The van der Waals surface area contributed by atoms with E-state index >= 15 is 0 Å². The minimum Gasteiger partial charge on any atom is -0.491 e. The topological polar surface area (TPSA) is 75.7 Å². The summed E-state index contributed by atoms with van der Waals surface area (Å²) in [6.07, 6.45) is 0. The summed E-state index contributed by atoms with van der Waals surface area (Å²) in [5.74, 6) is 0.301. The summed E-state index contributed by atoms with van der Waals surface area (Å²) in [6, 6.07) is 20.4. The molecule has 0 aliphatic carbocycles. The van der Waals surface area contributed by atoms with Crippen LogP contribution in [-0.2, 0) is 14.8 Å². The summed E-state index contributed by atoms with van der Waals surface area (Å²) in [5, 5.41) is 3.19. The molecule has 0 heterocycles. The number of hydrogen-bond donors (Lipinski definition) is 1. The van der Waals surface area contributed by atoms with E-state index in [1.54, 1.807) is 36.4 Å². The average Bonchev–Trinajstić information content (AvgIpc) is 2.77. The molecular weight excluding hydrogens is 448 g/mol. The van der Waals surface area contributed by atoms with Gasteiger partial charge in [0.05, 0.1) is 17.1 Å². The molecule has 0 fully saturated rings. The molecule has 3 aromatic carbocycles. The van der Waals surface area contributed by atoms with Crippen LogP contribution in [0, 0.1) is 13.8 Å². The fourth-order valence-corrected chi connectivity index (χ4v) is 4.56. The number of ether oxygens (including phenoxy) is 1. The number of carbonyl (C=O) groups excluding carboxylic acids is 1. The van der Waals surface area contributed by atoms with Gasteiger partial charge >= 0.3 is 0 Å². The zero-order chi connectivity index (χ0) is 23.1. The van der Waals surface area contributed by atoms with Gasteiger partial charge < -0.3 is 10.1 Å². The first kappa shape index (κ1) is 23.6. The summed E-state index contributed by atoms with van der Waals surface area (Å²) in [6.45, 7) is 3.95. The van der Waals surface area contributed by atoms with Gasteiger partial charge in [-0.2, -0.15) is 0 Å². The Morgan fingerprint density at radius 2 is 1.62 bits per heavy atom. The van der Waals surface area contributed by atoms with Gasteiger partial charge in [-0.1, -0.05) is 47.5 Å². The van der Waals surface area contributed by atoms with E-state index in [0.717, 1.165) is 21.2 Å². The molecule has 0 aromatic heterocycles. The normalized spacial score (nSPS) is 11.1. The number of sulfonamides is 1. The maximum Gasteiger partial charge on any atom is 0.264 e. The van der Waals surface area contributed by atoms with Crippen molar-refractivity contribution in [3.63, 3.8) is 0 Å². The number of hydrogen-bond acceptors (Lipinski definition) is 4. The number of aryl methyl sites for hydroxylation is 2. The zero-order valence-electron chi connectivity index (χ0n) is 17.9. The summed E-state index contributed by atoms with van der Waals surface area (Å²) in [4.78, 5) is 12.7. The molecule has 8 heteroatoms. The molecule has 0 aliphatic rings. The predicted molar refractivity (Wildman–Crippen MR) is 127 cm³/mol. The summed E-state index contributed by atoms with van der Waals surface area (Å²) >= 11 is 5.96. The quantitative estimate of drug-likeness (QED) is 0.470. The van der Waals surface area contributed by atoms with Gasteiger partial charge in [0.25, 0.3) is 10.0 Å². The summed E-state index contributed by atoms with van der Waals surface area (Å²) in [7, 11) is -3.96. The Hall–Kier alpha value is -3.03. The van der Waals surface area contributed by atoms with Crippen LogP contribution in [0.1, 0.15) is 11.1 Å². The minimum absolute atomic E-state index is 0.105. The maximum absolute atomic E-state index is 13.3. The number of nitrogens with zero attached hydrogens (tertiary/aromatic N) is 1. The van der Waals surface area contributed by atoms with Gasteiger partial charge in [0.2, 0.25) is 5.91 Å². The second-order valence-corrected chi connectivity index (χ2v) is 9.56. The molecule has 0 saturated heterocycles. The molecule has 168 valence electrons. The van der Waals surface area contributed by atoms with Crippen molar-refractivity contribution in [2.75, 3.05) is 24.0 Å². The van der Waals surface area contributed by atoms with Gasteiger partial charge in [-0.3, -0.25) is 9.10 Å². The van der Waals surface area contributed by atoms with Crippen molar-refractivity contribution in [3.05, 3.63) is 88.9 Å². The molecule has 6 nitrogen and oxygen atoms in total. The van der Waals surface area contributed by atoms with E-state index in [9.17, 15) is 13.2 Å². The van der Waals surface area contributed by atoms with E-state index in [4.69, 9.17) is 16.3 Å². The Morgan fingerprint density at radius 3 is 2.28 bits per heavy atom. The SMILES string of the molecule is Cc1ccc(S(=O)(=O)N(CC(=O)NCCOc2ccccc2C)c2ccc(Cl)cc2)cc1. The largest absolute Gasteiger partial charge is 0.491 e. The predicted octanol–water partition coefficient (Wildman–Crippen LogP) is 4.35. The number of nitrogens with one attached hydrogen (secondary N) is 1. The highest BCUT2D eigenvalue weighted by Crippen LogP contribution is 2.25. The molecule has 1 N–H and O–H groups in total. The van der Waals surface area contributed by atoms with Crippen molar-refractivity contribution in [3.8, 4) is 5.75 Å². The Morgan fingerprint density at radius 1 is 0.969 bits per heavy atom. The lowest BCUT2D eigenvalue weighted by molar-refractivity contribution is -0.119. The lowest BCUT2D eigenvalue weighted by Gasteiger charge is -2.24. The van der Waals surface area contributed by atoms with Gasteiger partial charge in [0.15, 0.2) is 0 Å². The van der Waals surface area contributed by atoms with Crippen LogP contribution in [0.4, 0.5) is 5.69 Å². The lowest BCUT2D eigenvalue weighted by atomic mass is 10.2. The molecule has 0 aliphatic heterocycles. The first-order valence-corrected chi connectivity index (χ1v) is 11.9. The number of para-hydroxylation sites is 1. The van der Waals surface area contributed by atoms with Crippen LogP contribution in [0.2, 0.25) is 5.02 Å². The molecule has 3 aromatic rings. The number of benzene rings is 3. The number of amides is 1. The molecule has 1 amide bonds. The summed E-state index contributed by atoms with van der Waals surface area (Å²) < 4.78 is 33.4. The molecule has 0 unspecified atom stereocenters. The van der Waals surface area contributed by atoms with Crippen molar-refractivity contribution in [1.29, 1.82) is 0 Å². The number of anilines is 1. The van der Waals surface area contributed by atoms with Gasteiger partial charge in [0.1, 0.15) is 18.9 Å². The molecule has 0 atom stereocenters. The maximum atomic E-state index is 13.3. The van der Waals surface area contributed by atoms with E-state index in [1.807, 2.05) is 38.1 Å². The second-order valence-electron chi connectivity index (χ2n) is 7.27. The molecule has 0 bridgehead atoms. The first-order valence-electron chi connectivity index (χ1n) is 10.1. The zero-order valence-corrected chi connectivity index (χ0v) is 19.5. The first-order chi connectivity index (χ1) is 15.3. The third-order valence-electron chi connectivity index (χ3n) is 4.79. The van der Waals surface area contributed by atoms with Crippen LogP contribution in [-0.4, -0.2) is 34.0 Å². The van der Waals surface area contributed by atoms with Gasteiger partial charge in [-0.15, -0.1) is 0 Å². The van der Waals surface area contributed by atoms with Crippen LogP contribution in [0.5, 0.6) is 5.75 Å². The Kier molecular flexibility index (Phi) is 7.77. The van der Waals surface area contributed by atoms with Crippen molar-refractivity contribution in [1.82, 2.24) is 5.32 Å². The van der Waals surface area contributed by atoms with Crippen LogP contribution < -0.4 is 14.4 Å². The van der Waals surface area contributed by atoms with Crippen LogP contribution in [0.3, 0.4) is 0 Å². The minimum atomic E-state index is -3.96.